The number of hydrogen-bond acceptors (Lipinski definition) is 6. The highest BCUT2D eigenvalue weighted by Crippen LogP contribution is 2.50. The molecular formula is C23H22F4N2O5. The molecule has 34 heavy (non-hydrogen) atoms. The maximum absolute atomic E-state index is 14.1. The molecule has 2 aliphatic rings. The fourth-order valence-electron chi connectivity index (χ4n) is 4.27. The van der Waals surface area contributed by atoms with E-state index in [4.69, 9.17) is 14.2 Å². The normalized spacial score (nSPS) is 18.2. The second-order valence-corrected chi connectivity index (χ2v) is 7.87. The number of piperazine rings is 1. The summed E-state index contributed by atoms with van der Waals surface area (Å²) in [6, 6.07) is 4.55. The topological polar surface area (TPSA) is 77.1 Å². The van der Waals surface area contributed by atoms with Gasteiger partial charge >= 0.3 is 6.18 Å². The minimum absolute atomic E-state index is 0.0361. The van der Waals surface area contributed by atoms with E-state index in [1.807, 2.05) is 0 Å². The fraction of sp³-hybridized carbons (Fsp3) is 0.391. The Labute approximate surface area is 192 Å². The monoisotopic (exact) mass is 482 g/mol. The molecule has 0 aliphatic carbocycles. The van der Waals surface area contributed by atoms with E-state index in [2.05, 4.69) is 5.32 Å². The molecule has 0 spiro atoms. The van der Waals surface area contributed by atoms with Gasteiger partial charge in [0.05, 0.1) is 20.6 Å². The van der Waals surface area contributed by atoms with E-state index < -0.39 is 46.9 Å². The number of carbonyl (C=O) groups excluding carboxylic acids is 2. The van der Waals surface area contributed by atoms with Crippen molar-refractivity contribution in [2.24, 2.45) is 0 Å². The molecule has 0 aromatic heterocycles. The molecule has 182 valence electrons. The lowest BCUT2D eigenvalue weighted by Gasteiger charge is -2.31. The average Bonchev–Trinajstić information content (AvgIpc) is 2.81. The Morgan fingerprint density at radius 3 is 2.47 bits per heavy atom. The summed E-state index contributed by atoms with van der Waals surface area (Å²) in [4.78, 5) is 27.7. The predicted molar refractivity (Wildman–Crippen MR) is 112 cm³/mol. The van der Waals surface area contributed by atoms with Crippen LogP contribution in [0.5, 0.6) is 17.2 Å². The molecule has 4 rings (SSSR count). The predicted octanol–water partition coefficient (Wildman–Crippen LogP) is 3.61. The van der Waals surface area contributed by atoms with Gasteiger partial charge in [-0.25, -0.2) is 4.39 Å². The zero-order valence-corrected chi connectivity index (χ0v) is 18.4. The number of ketones is 1. The quantitative estimate of drug-likeness (QED) is 0.671. The molecule has 2 aromatic rings. The summed E-state index contributed by atoms with van der Waals surface area (Å²) in [5, 5.41) is 3.12. The Kier molecular flexibility index (Phi) is 6.39. The van der Waals surface area contributed by atoms with Gasteiger partial charge < -0.3 is 24.4 Å². The lowest BCUT2D eigenvalue weighted by molar-refractivity contribution is -0.140. The van der Waals surface area contributed by atoms with Gasteiger partial charge in [-0.15, -0.1) is 0 Å². The lowest BCUT2D eigenvalue weighted by Crippen LogP contribution is -2.46. The number of methoxy groups -OCH3 is 2. The van der Waals surface area contributed by atoms with Gasteiger partial charge in [-0.3, -0.25) is 9.59 Å². The third-order valence-electron chi connectivity index (χ3n) is 5.83. The molecule has 2 heterocycles. The number of nitrogens with one attached hydrogen (secondary N) is 1. The van der Waals surface area contributed by atoms with Crippen molar-refractivity contribution < 1.29 is 41.4 Å². The van der Waals surface area contributed by atoms with E-state index in [-0.39, 0.29) is 28.9 Å². The van der Waals surface area contributed by atoms with Gasteiger partial charge in [-0.2, -0.15) is 13.2 Å². The number of amides is 1. The molecule has 11 heteroatoms. The average molecular weight is 482 g/mol. The van der Waals surface area contributed by atoms with Gasteiger partial charge in [0.25, 0.3) is 5.91 Å². The van der Waals surface area contributed by atoms with E-state index in [0.29, 0.717) is 26.2 Å². The Morgan fingerprint density at radius 2 is 1.85 bits per heavy atom. The summed E-state index contributed by atoms with van der Waals surface area (Å²) in [5.74, 6) is -3.16. The van der Waals surface area contributed by atoms with Crippen LogP contribution in [0, 0.1) is 5.82 Å². The summed E-state index contributed by atoms with van der Waals surface area (Å²) in [7, 11) is 2.08. The van der Waals surface area contributed by atoms with Crippen LogP contribution in [0.4, 0.5) is 17.6 Å². The van der Waals surface area contributed by atoms with Crippen LogP contribution in [-0.2, 0) is 6.18 Å². The van der Waals surface area contributed by atoms with E-state index in [0.717, 1.165) is 32.4 Å². The van der Waals surface area contributed by atoms with Gasteiger partial charge in [-0.05, 0) is 12.1 Å². The highest BCUT2D eigenvalue weighted by atomic mass is 19.4. The van der Waals surface area contributed by atoms with Crippen molar-refractivity contribution >= 4 is 11.7 Å². The van der Waals surface area contributed by atoms with Gasteiger partial charge in [0, 0.05) is 43.4 Å². The minimum Gasteiger partial charge on any atom is -0.496 e. The van der Waals surface area contributed by atoms with Crippen molar-refractivity contribution in [2.45, 2.75) is 18.7 Å². The number of fused-ring (bicyclic) bond motifs is 1. The minimum atomic E-state index is -4.84. The van der Waals surface area contributed by atoms with Crippen LogP contribution in [0.2, 0.25) is 0 Å². The standard InChI is InChI=1S/C23H22F4N2O5/c1-32-18-11-17-19(21(33-2)20(18)23(25,26)27)15(30)10-16(34-17)13-4-3-12(24)9-14(13)22(31)29-7-5-28-6-8-29/h3-4,9,11,16,28H,5-8,10H2,1-2H3. The number of nitrogens with zero attached hydrogens (tertiary/aromatic N) is 1. The molecule has 1 N–H and O–H groups in total. The first-order valence-electron chi connectivity index (χ1n) is 10.5. The van der Waals surface area contributed by atoms with E-state index in [1.54, 1.807) is 4.90 Å². The summed E-state index contributed by atoms with van der Waals surface area (Å²) >= 11 is 0. The molecule has 0 radical (unpaired) electrons. The number of Topliss-reactive ketones (excluding diaryl/α,β-unsaturated/α-hetero) is 1. The summed E-state index contributed by atoms with van der Waals surface area (Å²) < 4.78 is 70.9. The lowest BCUT2D eigenvalue weighted by atomic mass is 9.91. The van der Waals surface area contributed by atoms with Crippen LogP contribution < -0.4 is 19.5 Å². The largest absolute Gasteiger partial charge is 0.496 e. The fourth-order valence-corrected chi connectivity index (χ4v) is 4.27. The smallest absolute Gasteiger partial charge is 0.423 e. The molecule has 2 aliphatic heterocycles. The molecule has 1 atom stereocenters. The van der Waals surface area contributed by atoms with Gasteiger partial charge in [0.2, 0.25) is 0 Å². The Hall–Kier alpha value is -3.34. The first-order valence-corrected chi connectivity index (χ1v) is 10.5. The molecule has 2 aromatic carbocycles. The molecule has 1 fully saturated rings. The summed E-state index contributed by atoms with van der Waals surface area (Å²) in [5.41, 5.74) is -1.28. The number of halogens is 4. The molecule has 1 amide bonds. The Morgan fingerprint density at radius 1 is 1.15 bits per heavy atom. The highest BCUT2D eigenvalue weighted by molar-refractivity contribution is 6.04. The van der Waals surface area contributed by atoms with Crippen molar-refractivity contribution in [1.29, 1.82) is 0 Å². The zero-order valence-electron chi connectivity index (χ0n) is 18.4. The van der Waals surface area contributed by atoms with E-state index in [1.165, 1.54) is 6.07 Å². The zero-order chi connectivity index (χ0) is 24.6. The van der Waals surface area contributed by atoms with Gasteiger partial charge in [-0.1, -0.05) is 6.07 Å². The van der Waals surface area contributed by atoms with Crippen molar-refractivity contribution in [2.75, 3.05) is 40.4 Å². The molecule has 1 unspecified atom stereocenters. The summed E-state index contributed by atoms with van der Waals surface area (Å²) in [6.45, 7) is 2.03. The van der Waals surface area contributed by atoms with Crippen molar-refractivity contribution in [3.63, 3.8) is 0 Å². The van der Waals surface area contributed by atoms with Crippen molar-refractivity contribution in [3.05, 3.63) is 52.3 Å². The second kappa shape index (κ2) is 9.13. The van der Waals surface area contributed by atoms with Gasteiger partial charge in [0.15, 0.2) is 5.78 Å². The van der Waals surface area contributed by atoms with Crippen LogP contribution in [-0.4, -0.2) is 57.0 Å². The first-order chi connectivity index (χ1) is 16.2. The number of ether oxygens (including phenoxy) is 3. The van der Waals surface area contributed by atoms with E-state index >= 15 is 0 Å². The first kappa shape index (κ1) is 23.8. The number of carbonyl (C=O) groups is 2. The maximum Gasteiger partial charge on any atom is 0.423 e. The van der Waals surface area contributed by atoms with Crippen molar-refractivity contribution in [1.82, 2.24) is 10.2 Å². The second-order valence-electron chi connectivity index (χ2n) is 7.87. The highest BCUT2D eigenvalue weighted by Gasteiger charge is 2.44. The molecule has 0 bridgehead atoms. The van der Waals surface area contributed by atoms with Gasteiger partial charge in [0.1, 0.15) is 40.3 Å². The maximum atomic E-state index is 14.1. The number of rotatable bonds is 4. The molecule has 0 saturated carbocycles. The van der Waals surface area contributed by atoms with Crippen LogP contribution in [0.15, 0.2) is 24.3 Å². The third-order valence-corrected chi connectivity index (χ3v) is 5.83. The van der Waals surface area contributed by atoms with Crippen LogP contribution in [0.3, 0.4) is 0 Å². The SMILES string of the molecule is COc1cc2c(c(OC)c1C(F)(F)F)C(=O)CC(c1ccc(F)cc1C(=O)N1CCNCC1)O2. The molecule has 7 nitrogen and oxygen atoms in total. The van der Waals surface area contributed by atoms with Crippen LogP contribution >= 0.6 is 0 Å². The van der Waals surface area contributed by atoms with E-state index in [9.17, 15) is 27.2 Å². The van der Waals surface area contributed by atoms with Crippen LogP contribution in [0.25, 0.3) is 0 Å². The number of benzene rings is 2. The summed E-state index contributed by atoms with van der Waals surface area (Å²) in [6.07, 6.45) is -6.23. The number of alkyl halides is 3. The third kappa shape index (κ3) is 4.27. The van der Waals surface area contributed by atoms with Crippen molar-refractivity contribution in [3.8, 4) is 17.2 Å². The van der Waals surface area contributed by atoms with Crippen LogP contribution in [0.1, 0.15) is 44.4 Å². The molecule has 1 saturated heterocycles. The Bertz CT molecular complexity index is 1130. The molecular weight excluding hydrogens is 460 g/mol. The Balaban J connectivity index is 1.78. The number of hydrogen-bond donors (Lipinski definition) is 1.